The molecule has 0 aromatic heterocycles. The molecular formula is C26H38O2Si. The van der Waals surface area contributed by atoms with Crippen LogP contribution in [-0.2, 0) is 9.53 Å². The van der Waals surface area contributed by atoms with Crippen LogP contribution in [0, 0.1) is 23.3 Å². The molecule has 1 unspecified atom stereocenters. The van der Waals surface area contributed by atoms with Gasteiger partial charge in [-0.2, -0.15) is 0 Å². The molecule has 0 radical (unpaired) electrons. The fourth-order valence-electron chi connectivity index (χ4n) is 4.09. The third-order valence-corrected chi connectivity index (χ3v) is 11.8. The summed E-state index contributed by atoms with van der Waals surface area (Å²) in [6.07, 6.45) is -1.44. The Morgan fingerprint density at radius 1 is 1.10 bits per heavy atom. The maximum atomic E-state index is 11.8. The maximum Gasteiger partial charge on any atom is 0.304 e. The molecule has 0 amide bonds. The Kier molecular flexibility index (Phi) is 8.91. The monoisotopic (exact) mass is 412 g/mol. The molecule has 0 heterocycles. The summed E-state index contributed by atoms with van der Waals surface area (Å²) in [6.45, 7) is 16.9. The first-order chi connectivity index (χ1) is 14.4. The van der Waals surface area contributed by atoms with Crippen LogP contribution in [-0.4, -0.2) is 14.0 Å². The number of carbonyl (C=O) groups excluding carboxylic acids is 1. The Morgan fingerprint density at radius 3 is 2.21 bits per heavy atom. The Bertz CT molecular complexity index is 845. The average Bonchev–Trinajstić information content (AvgIpc) is 2.65. The van der Waals surface area contributed by atoms with Gasteiger partial charge in [0, 0.05) is 27.2 Å². The average molecular weight is 413 g/mol. The van der Waals surface area contributed by atoms with Crippen molar-refractivity contribution in [3.63, 3.8) is 0 Å². The smallest absolute Gasteiger partial charge is 0.304 e. The van der Waals surface area contributed by atoms with Crippen molar-refractivity contribution in [1.29, 1.82) is 0 Å². The molecule has 0 spiro atoms. The Balaban J connectivity index is 3.56. The van der Waals surface area contributed by atoms with Gasteiger partial charge in [0.05, 0.1) is 0 Å². The molecule has 0 aliphatic carbocycles. The van der Waals surface area contributed by atoms with E-state index in [1.807, 2.05) is 31.2 Å². The first kappa shape index (κ1) is 21.7. The molecule has 29 heavy (non-hydrogen) atoms. The quantitative estimate of drug-likeness (QED) is 0.272. The fraction of sp³-hybridized carbons (Fsp3) is 0.577. The third-order valence-electron chi connectivity index (χ3n) is 5.47. The molecule has 158 valence electrons. The van der Waals surface area contributed by atoms with Gasteiger partial charge >= 0.3 is 5.97 Å². The van der Waals surface area contributed by atoms with E-state index in [1.165, 1.54) is 6.92 Å². The van der Waals surface area contributed by atoms with Gasteiger partial charge in [0.25, 0.3) is 0 Å². The first-order valence-electron chi connectivity index (χ1n) is 11.7. The van der Waals surface area contributed by atoms with Crippen molar-refractivity contribution in [2.75, 3.05) is 0 Å². The van der Waals surface area contributed by atoms with Crippen LogP contribution >= 0.6 is 0 Å². The molecule has 0 N–H and O–H groups in total. The van der Waals surface area contributed by atoms with E-state index in [1.54, 1.807) is 0 Å². The summed E-state index contributed by atoms with van der Waals surface area (Å²) in [7, 11) is -1.92. The number of ether oxygens (including phenoxy) is 1. The lowest BCUT2D eigenvalue weighted by molar-refractivity contribution is -0.144. The van der Waals surface area contributed by atoms with Gasteiger partial charge in [0.15, 0.2) is 6.10 Å². The van der Waals surface area contributed by atoms with Crippen molar-refractivity contribution in [3.05, 3.63) is 35.4 Å². The van der Waals surface area contributed by atoms with Gasteiger partial charge < -0.3 is 4.74 Å². The normalized spacial score (nSPS) is 13.8. The van der Waals surface area contributed by atoms with Crippen molar-refractivity contribution in [1.82, 2.24) is 0 Å². The SMILES string of the molecule is [2H]C([2H])(C#CC(OC(C)=O)c1ccccc1C#C[Si](C(C)C)(C(C)C)C(C)C)CCC. The van der Waals surface area contributed by atoms with Gasteiger partial charge in [-0.1, -0.05) is 90.8 Å². The van der Waals surface area contributed by atoms with Gasteiger partial charge in [-0.3, -0.25) is 4.79 Å². The number of esters is 1. The highest BCUT2D eigenvalue weighted by Crippen LogP contribution is 2.40. The second kappa shape index (κ2) is 11.9. The van der Waals surface area contributed by atoms with E-state index in [2.05, 4.69) is 64.8 Å². The van der Waals surface area contributed by atoms with Crippen molar-refractivity contribution < 1.29 is 12.3 Å². The van der Waals surface area contributed by atoms with Crippen LogP contribution in [0.15, 0.2) is 24.3 Å². The molecule has 1 aromatic carbocycles. The molecule has 0 saturated carbocycles. The van der Waals surface area contributed by atoms with E-state index in [9.17, 15) is 4.79 Å². The second-order valence-electron chi connectivity index (χ2n) is 8.42. The fourth-order valence-corrected chi connectivity index (χ4v) is 9.31. The Hall–Kier alpha value is -1.97. The Labute approximate surface area is 182 Å². The molecule has 1 atom stereocenters. The summed E-state index contributed by atoms with van der Waals surface area (Å²) in [5.41, 5.74) is 6.75. The van der Waals surface area contributed by atoms with Gasteiger partial charge in [-0.25, -0.2) is 0 Å². The lowest BCUT2D eigenvalue weighted by Gasteiger charge is -2.38. The van der Waals surface area contributed by atoms with Crippen molar-refractivity contribution >= 4 is 14.0 Å². The zero-order chi connectivity index (χ0) is 23.8. The van der Waals surface area contributed by atoms with Crippen LogP contribution in [0.25, 0.3) is 0 Å². The zero-order valence-electron chi connectivity index (χ0n) is 21.3. The minimum absolute atomic E-state index is 0.333. The van der Waals surface area contributed by atoms with Crippen molar-refractivity contribution in [3.8, 4) is 23.3 Å². The highest BCUT2D eigenvalue weighted by atomic mass is 28.3. The van der Waals surface area contributed by atoms with Gasteiger partial charge in [0.1, 0.15) is 8.07 Å². The minimum atomic E-state index is -1.92. The van der Waals surface area contributed by atoms with E-state index < -0.39 is 26.5 Å². The highest BCUT2D eigenvalue weighted by Gasteiger charge is 2.41. The molecule has 2 nitrogen and oxygen atoms in total. The molecule has 0 saturated heterocycles. The van der Waals surface area contributed by atoms with E-state index in [0.29, 0.717) is 35.0 Å². The number of hydrogen-bond acceptors (Lipinski definition) is 2. The van der Waals surface area contributed by atoms with Crippen LogP contribution < -0.4 is 0 Å². The maximum absolute atomic E-state index is 11.8. The van der Waals surface area contributed by atoms with Crippen molar-refractivity contribution in [2.45, 2.75) is 97.3 Å². The second-order valence-corrected chi connectivity index (χ2v) is 14.0. The topological polar surface area (TPSA) is 26.3 Å². The zero-order valence-corrected chi connectivity index (χ0v) is 20.3. The predicted molar refractivity (Wildman–Crippen MR) is 126 cm³/mol. The number of benzene rings is 1. The summed E-state index contributed by atoms with van der Waals surface area (Å²) in [5.74, 6) is 8.54. The standard InChI is InChI=1S/C26H38O2Si/c1-9-10-11-12-17-26(28-23(8)27)25-16-14-13-15-24(25)18-19-29(20(2)3,21(4)5)22(6)7/h13-16,20-22,26H,9-11H2,1-8H3/i11D2. The molecule has 0 aliphatic rings. The predicted octanol–water partition coefficient (Wildman–Crippen LogP) is 7.05. The number of rotatable bonds is 7. The van der Waals surface area contributed by atoms with Crippen LogP contribution in [0.1, 0.15) is 94.6 Å². The van der Waals surface area contributed by atoms with Crippen molar-refractivity contribution in [2.24, 2.45) is 0 Å². The summed E-state index contributed by atoms with van der Waals surface area (Å²) in [6, 6.07) is 7.59. The molecule has 1 aromatic rings. The molecule has 3 heteroatoms. The minimum Gasteiger partial charge on any atom is -0.444 e. The molecule has 0 bridgehead atoms. The molecular weight excluding hydrogens is 372 g/mol. The van der Waals surface area contributed by atoms with Crippen LogP contribution in [0.4, 0.5) is 0 Å². The van der Waals surface area contributed by atoms with E-state index in [4.69, 9.17) is 7.48 Å². The van der Waals surface area contributed by atoms with Crippen LogP contribution in [0.5, 0.6) is 0 Å². The van der Waals surface area contributed by atoms with Gasteiger partial charge in [-0.15, -0.1) is 5.54 Å². The lowest BCUT2D eigenvalue weighted by Crippen LogP contribution is -2.43. The molecule has 1 rings (SSSR count). The third kappa shape index (κ3) is 6.79. The largest absolute Gasteiger partial charge is 0.444 e. The molecule has 0 aliphatic heterocycles. The van der Waals surface area contributed by atoms with E-state index in [-0.39, 0.29) is 0 Å². The first-order valence-corrected chi connectivity index (χ1v) is 12.9. The van der Waals surface area contributed by atoms with E-state index >= 15 is 0 Å². The van der Waals surface area contributed by atoms with Gasteiger partial charge in [-0.05, 0) is 29.1 Å². The summed E-state index contributed by atoms with van der Waals surface area (Å²) in [4.78, 5) is 11.8. The van der Waals surface area contributed by atoms with E-state index in [0.717, 1.165) is 5.56 Å². The summed E-state index contributed by atoms with van der Waals surface area (Å²) >= 11 is 0. The van der Waals surface area contributed by atoms with Gasteiger partial charge in [0.2, 0.25) is 0 Å². The number of hydrogen-bond donors (Lipinski definition) is 0. The molecule has 0 fully saturated rings. The highest BCUT2D eigenvalue weighted by molar-refractivity contribution is 6.90. The summed E-state index contributed by atoms with van der Waals surface area (Å²) < 4.78 is 21.6. The lowest BCUT2D eigenvalue weighted by atomic mass is 10.0. The Morgan fingerprint density at radius 2 is 1.69 bits per heavy atom. The van der Waals surface area contributed by atoms with Crippen LogP contribution in [0.3, 0.4) is 0 Å². The summed E-state index contributed by atoms with van der Waals surface area (Å²) in [5, 5.41) is 0. The number of carbonyl (C=O) groups is 1. The van der Waals surface area contributed by atoms with Crippen LogP contribution in [0.2, 0.25) is 16.6 Å².